The summed E-state index contributed by atoms with van der Waals surface area (Å²) in [6, 6.07) is 3.13. The van der Waals surface area contributed by atoms with E-state index in [1.807, 2.05) is 0 Å². The van der Waals surface area contributed by atoms with Gasteiger partial charge in [-0.15, -0.1) is 0 Å². The molecule has 4 heteroatoms. The van der Waals surface area contributed by atoms with Crippen molar-refractivity contribution >= 4 is 16.9 Å². The molecule has 3 nitrogen and oxygen atoms in total. The Bertz CT molecular complexity index is 433. The van der Waals surface area contributed by atoms with Crippen LogP contribution in [0.5, 0.6) is 0 Å². The van der Waals surface area contributed by atoms with E-state index in [9.17, 15) is 4.39 Å². The molecule has 0 saturated heterocycles. The first kappa shape index (κ1) is 7.09. The first-order valence-electron chi connectivity index (χ1n) is 3.55. The molecule has 0 aliphatic rings. The summed E-state index contributed by atoms with van der Waals surface area (Å²) >= 11 is 0. The smallest absolute Gasteiger partial charge is 0.143 e. The Morgan fingerprint density at radius 3 is 3.00 bits per heavy atom. The summed E-state index contributed by atoms with van der Waals surface area (Å²) in [6.07, 6.45) is 1.18. The van der Waals surface area contributed by atoms with E-state index in [1.54, 1.807) is 17.7 Å². The van der Waals surface area contributed by atoms with Crippen LogP contribution in [0.4, 0.5) is 10.2 Å². The average Bonchev–Trinajstić information content (AvgIpc) is 2.31. The van der Waals surface area contributed by atoms with Gasteiger partial charge in [0.05, 0.1) is 17.2 Å². The van der Waals surface area contributed by atoms with Crippen molar-refractivity contribution in [2.45, 2.75) is 0 Å². The number of halogens is 1. The number of fused-ring (bicyclic) bond motifs is 1. The van der Waals surface area contributed by atoms with Gasteiger partial charge in [-0.3, -0.25) is 4.98 Å². The maximum absolute atomic E-state index is 12.7. The molecular formula is C8H8FN3. The van der Waals surface area contributed by atoms with Gasteiger partial charge in [-0.2, -0.15) is 0 Å². The van der Waals surface area contributed by atoms with Crippen LogP contribution in [-0.4, -0.2) is 9.55 Å². The Hall–Kier alpha value is -1.58. The first-order valence-corrected chi connectivity index (χ1v) is 3.55. The van der Waals surface area contributed by atoms with Gasteiger partial charge in [-0.1, -0.05) is 0 Å². The number of nitrogens with zero attached hydrogens (tertiary/aromatic N) is 2. The summed E-state index contributed by atoms with van der Waals surface area (Å²) in [4.78, 5) is 3.89. The Labute approximate surface area is 68.6 Å². The third kappa shape index (κ3) is 0.845. The summed E-state index contributed by atoms with van der Waals surface area (Å²) in [5.41, 5.74) is 7.04. The second-order valence-corrected chi connectivity index (χ2v) is 2.69. The Morgan fingerprint density at radius 2 is 2.25 bits per heavy atom. The molecular weight excluding hydrogens is 157 g/mol. The number of hydrogen-bond acceptors (Lipinski definition) is 2. The van der Waals surface area contributed by atoms with Crippen molar-refractivity contribution in [3.05, 3.63) is 24.1 Å². The van der Waals surface area contributed by atoms with Crippen molar-refractivity contribution in [3.8, 4) is 0 Å². The highest BCUT2D eigenvalue weighted by Gasteiger charge is 2.03. The monoisotopic (exact) mass is 165 g/mol. The molecule has 0 radical (unpaired) electrons. The predicted octanol–water partition coefficient (Wildman–Crippen LogP) is 1.29. The Balaban J connectivity index is 2.88. The summed E-state index contributed by atoms with van der Waals surface area (Å²) in [5, 5.41) is 0. The van der Waals surface area contributed by atoms with Gasteiger partial charge in [-0.25, -0.2) is 4.39 Å². The number of anilines is 1. The minimum atomic E-state index is -0.344. The van der Waals surface area contributed by atoms with Crippen LogP contribution in [0.25, 0.3) is 11.0 Å². The Kier molecular flexibility index (Phi) is 1.30. The average molecular weight is 165 g/mol. The molecule has 2 rings (SSSR count). The summed E-state index contributed by atoms with van der Waals surface area (Å²) in [5.74, 6) is 0.242. The minimum Gasteiger partial charge on any atom is -0.385 e. The van der Waals surface area contributed by atoms with Crippen LogP contribution in [0, 0.1) is 5.82 Å². The largest absolute Gasteiger partial charge is 0.385 e. The van der Waals surface area contributed by atoms with Gasteiger partial charge in [0.2, 0.25) is 0 Å². The molecule has 0 fully saturated rings. The lowest BCUT2D eigenvalue weighted by molar-refractivity contribution is 0.623. The zero-order chi connectivity index (χ0) is 8.72. The van der Waals surface area contributed by atoms with E-state index in [1.165, 1.54) is 12.3 Å². The molecule has 2 heterocycles. The summed E-state index contributed by atoms with van der Waals surface area (Å²) < 4.78 is 14.4. The molecule has 12 heavy (non-hydrogen) atoms. The number of aromatic nitrogens is 2. The van der Waals surface area contributed by atoms with Crippen molar-refractivity contribution in [2.75, 3.05) is 5.73 Å². The van der Waals surface area contributed by atoms with E-state index < -0.39 is 0 Å². The lowest BCUT2D eigenvalue weighted by Gasteiger charge is -1.96. The van der Waals surface area contributed by atoms with Gasteiger partial charge < -0.3 is 10.3 Å². The van der Waals surface area contributed by atoms with Gasteiger partial charge in [0.25, 0.3) is 0 Å². The van der Waals surface area contributed by atoms with E-state index >= 15 is 0 Å². The fourth-order valence-electron chi connectivity index (χ4n) is 1.20. The van der Waals surface area contributed by atoms with Crippen LogP contribution < -0.4 is 5.73 Å². The first-order chi connectivity index (χ1) is 5.68. The SMILES string of the molecule is Cn1c(N)cc2ncc(F)cc21. The predicted molar refractivity (Wildman–Crippen MR) is 45.1 cm³/mol. The second-order valence-electron chi connectivity index (χ2n) is 2.69. The standard InChI is InChI=1S/C8H8FN3/c1-12-7-2-5(9)4-11-6(7)3-8(12)10/h2-4H,10H2,1H3. The second kappa shape index (κ2) is 2.20. The quantitative estimate of drug-likeness (QED) is 0.639. The molecule has 0 aliphatic heterocycles. The number of hydrogen-bond donors (Lipinski definition) is 1. The van der Waals surface area contributed by atoms with Gasteiger partial charge in [0, 0.05) is 19.2 Å². The van der Waals surface area contributed by atoms with Crippen molar-refractivity contribution in [1.29, 1.82) is 0 Å². The molecule has 0 aromatic carbocycles. The van der Waals surface area contributed by atoms with E-state index in [0.29, 0.717) is 11.3 Å². The number of nitrogens with two attached hydrogens (primary N) is 1. The third-order valence-corrected chi connectivity index (χ3v) is 1.90. The molecule has 62 valence electrons. The van der Waals surface area contributed by atoms with Gasteiger partial charge in [0.15, 0.2) is 0 Å². The maximum atomic E-state index is 12.7. The van der Waals surface area contributed by atoms with Crippen LogP contribution in [-0.2, 0) is 7.05 Å². The number of pyridine rings is 1. The van der Waals surface area contributed by atoms with E-state index in [4.69, 9.17) is 5.73 Å². The topological polar surface area (TPSA) is 43.8 Å². The van der Waals surface area contributed by atoms with Crippen molar-refractivity contribution in [2.24, 2.45) is 7.05 Å². The molecule has 2 aromatic rings. The molecule has 0 amide bonds. The van der Waals surface area contributed by atoms with Gasteiger partial charge in [-0.05, 0) is 0 Å². The minimum absolute atomic E-state index is 0.344. The van der Waals surface area contributed by atoms with Crippen LogP contribution in [0.2, 0.25) is 0 Å². The highest BCUT2D eigenvalue weighted by Crippen LogP contribution is 2.18. The van der Waals surface area contributed by atoms with E-state index in [-0.39, 0.29) is 5.82 Å². The van der Waals surface area contributed by atoms with Crippen LogP contribution >= 0.6 is 0 Å². The molecule has 0 bridgehead atoms. The highest BCUT2D eigenvalue weighted by atomic mass is 19.1. The summed E-state index contributed by atoms with van der Waals surface area (Å²) in [7, 11) is 1.78. The Morgan fingerprint density at radius 1 is 1.50 bits per heavy atom. The number of rotatable bonds is 0. The molecule has 2 aromatic heterocycles. The highest BCUT2D eigenvalue weighted by molar-refractivity contribution is 5.80. The van der Waals surface area contributed by atoms with E-state index in [0.717, 1.165) is 5.52 Å². The molecule has 0 spiro atoms. The zero-order valence-electron chi connectivity index (χ0n) is 6.58. The maximum Gasteiger partial charge on any atom is 0.143 e. The third-order valence-electron chi connectivity index (χ3n) is 1.90. The van der Waals surface area contributed by atoms with Crippen LogP contribution in [0.1, 0.15) is 0 Å². The van der Waals surface area contributed by atoms with Crippen LogP contribution in [0.3, 0.4) is 0 Å². The van der Waals surface area contributed by atoms with Crippen LogP contribution in [0.15, 0.2) is 18.3 Å². The molecule has 0 saturated carbocycles. The van der Waals surface area contributed by atoms with Gasteiger partial charge >= 0.3 is 0 Å². The zero-order valence-corrected chi connectivity index (χ0v) is 6.58. The summed E-state index contributed by atoms with van der Waals surface area (Å²) in [6.45, 7) is 0. The van der Waals surface area contributed by atoms with Crippen molar-refractivity contribution in [1.82, 2.24) is 9.55 Å². The lowest BCUT2D eigenvalue weighted by Crippen LogP contribution is -1.94. The number of nitrogen functional groups attached to an aromatic ring is 1. The van der Waals surface area contributed by atoms with Gasteiger partial charge in [0.1, 0.15) is 11.6 Å². The van der Waals surface area contributed by atoms with E-state index in [2.05, 4.69) is 4.98 Å². The lowest BCUT2D eigenvalue weighted by atomic mass is 10.4. The molecule has 2 N–H and O–H groups in total. The molecule has 0 aliphatic carbocycles. The number of aryl methyl sites for hydroxylation is 1. The molecule has 0 atom stereocenters. The van der Waals surface area contributed by atoms with Crippen molar-refractivity contribution < 1.29 is 4.39 Å². The normalized spacial score (nSPS) is 10.8. The fraction of sp³-hybridized carbons (Fsp3) is 0.125. The van der Waals surface area contributed by atoms with Crippen molar-refractivity contribution in [3.63, 3.8) is 0 Å². The molecule has 0 unspecified atom stereocenters. The fourth-order valence-corrected chi connectivity index (χ4v) is 1.20.